The van der Waals surface area contributed by atoms with Gasteiger partial charge < -0.3 is 9.47 Å². The molecule has 2 rings (SSSR count). The fourth-order valence-corrected chi connectivity index (χ4v) is 2.23. The van der Waals surface area contributed by atoms with Crippen molar-refractivity contribution < 1.29 is 13.9 Å². The first-order valence-electron chi connectivity index (χ1n) is 6.79. The highest BCUT2D eigenvalue weighted by Gasteiger charge is 2.23. The van der Waals surface area contributed by atoms with Crippen molar-refractivity contribution in [3.63, 3.8) is 0 Å². The zero-order valence-electron chi connectivity index (χ0n) is 11.8. The minimum Gasteiger partial charge on any atom is -0.489 e. The molecule has 1 saturated heterocycles. The van der Waals surface area contributed by atoms with Crippen LogP contribution in [0.5, 0.6) is 5.75 Å². The Morgan fingerprint density at radius 3 is 3.05 bits per heavy atom. The standard InChI is InChI=1S/C15H19FN2O2/c1-11(2)18-6-7-19-12(9-18)10-20-15-5-3-4-14(16)13(15)8-17/h3-5,11-12H,6-7,9-10H2,1-2H3. The highest BCUT2D eigenvalue weighted by Crippen LogP contribution is 2.21. The Morgan fingerprint density at radius 1 is 1.55 bits per heavy atom. The number of morpholine rings is 1. The van der Waals surface area contributed by atoms with Crippen molar-refractivity contribution in [2.45, 2.75) is 26.0 Å². The summed E-state index contributed by atoms with van der Waals surface area (Å²) in [5.74, 6) is -0.281. The summed E-state index contributed by atoms with van der Waals surface area (Å²) in [6.45, 7) is 6.97. The van der Waals surface area contributed by atoms with Gasteiger partial charge in [-0.25, -0.2) is 4.39 Å². The van der Waals surface area contributed by atoms with Crippen LogP contribution in [0, 0.1) is 17.1 Å². The lowest BCUT2D eigenvalue weighted by Crippen LogP contribution is -2.47. The maximum atomic E-state index is 13.4. The molecule has 0 aromatic heterocycles. The van der Waals surface area contributed by atoms with Crippen LogP contribution in [0.4, 0.5) is 4.39 Å². The molecule has 0 saturated carbocycles. The second-order valence-electron chi connectivity index (χ2n) is 5.12. The van der Waals surface area contributed by atoms with E-state index in [2.05, 4.69) is 18.7 Å². The first kappa shape index (κ1) is 14.8. The number of rotatable bonds is 4. The number of nitriles is 1. The number of halogens is 1. The van der Waals surface area contributed by atoms with Gasteiger partial charge in [0.25, 0.3) is 0 Å². The molecule has 108 valence electrons. The Kier molecular flexibility index (Phi) is 4.94. The van der Waals surface area contributed by atoms with Crippen molar-refractivity contribution in [2.75, 3.05) is 26.3 Å². The van der Waals surface area contributed by atoms with Gasteiger partial charge in [-0.3, -0.25) is 4.90 Å². The van der Waals surface area contributed by atoms with Crippen LogP contribution in [-0.4, -0.2) is 43.3 Å². The van der Waals surface area contributed by atoms with E-state index >= 15 is 0 Å². The first-order valence-corrected chi connectivity index (χ1v) is 6.79. The molecule has 0 N–H and O–H groups in total. The lowest BCUT2D eigenvalue weighted by molar-refractivity contribution is -0.0565. The van der Waals surface area contributed by atoms with Gasteiger partial charge in [-0.05, 0) is 26.0 Å². The summed E-state index contributed by atoms with van der Waals surface area (Å²) in [4.78, 5) is 2.31. The van der Waals surface area contributed by atoms with Crippen molar-refractivity contribution in [1.29, 1.82) is 5.26 Å². The molecule has 0 bridgehead atoms. The molecular weight excluding hydrogens is 259 g/mol. The molecule has 1 aromatic rings. The highest BCUT2D eigenvalue weighted by molar-refractivity contribution is 5.43. The maximum absolute atomic E-state index is 13.4. The number of ether oxygens (including phenoxy) is 2. The lowest BCUT2D eigenvalue weighted by atomic mass is 10.2. The van der Waals surface area contributed by atoms with E-state index < -0.39 is 5.82 Å². The van der Waals surface area contributed by atoms with Gasteiger partial charge in [-0.1, -0.05) is 6.07 Å². The minimum absolute atomic E-state index is 0.0518. The Labute approximate surface area is 118 Å². The van der Waals surface area contributed by atoms with Gasteiger partial charge in [-0.2, -0.15) is 5.26 Å². The molecule has 1 heterocycles. The summed E-state index contributed by atoms with van der Waals surface area (Å²) in [5.41, 5.74) is -0.0518. The summed E-state index contributed by atoms with van der Waals surface area (Å²) in [6.07, 6.45) is -0.0547. The number of nitrogens with zero attached hydrogens (tertiary/aromatic N) is 2. The highest BCUT2D eigenvalue weighted by atomic mass is 19.1. The second-order valence-corrected chi connectivity index (χ2v) is 5.12. The smallest absolute Gasteiger partial charge is 0.144 e. The average molecular weight is 278 g/mol. The van der Waals surface area contributed by atoms with E-state index in [-0.39, 0.29) is 17.4 Å². The van der Waals surface area contributed by atoms with Crippen LogP contribution >= 0.6 is 0 Å². The first-order chi connectivity index (χ1) is 9.61. The zero-order valence-corrected chi connectivity index (χ0v) is 11.8. The van der Waals surface area contributed by atoms with Crippen molar-refractivity contribution in [3.05, 3.63) is 29.6 Å². The molecule has 1 unspecified atom stereocenters. The van der Waals surface area contributed by atoms with Crippen LogP contribution in [0.1, 0.15) is 19.4 Å². The predicted molar refractivity (Wildman–Crippen MR) is 73.1 cm³/mol. The fourth-order valence-electron chi connectivity index (χ4n) is 2.23. The SMILES string of the molecule is CC(C)N1CCOC(COc2cccc(F)c2C#N)C1. The summed E-state index contributed by atoms with van der Waals surface area (Å²) < 4.78 is 24.6. The largest absolute Gasteiger partial charge is 0.489 e. The van der Waals surface area contributed by atoms with Crippen molar-refractivity contribution in [2.24, 2.45) is 0 Å². The molecule has 1 aromatic carbocycles. The van der Waals surface area contributed by atoms with Gasteiger partial charge in [0.1, 0.15) is 35.9 Å². The molecule has 1 aliphatic heterocycles. The van der Waals surface area contributed by atoms with Crippen molar-refractivity contribution in [1.82, 2.24) is 4.90 Å². The van der Waals surface area contributed by atoms with Crippen molar-refractivity contribution in [3.8, 4) is 11.8 Å². The van der Waals surface area contributed by atoms with Crippen LogP contribution in [-0.2, 0) is 4.74 Å². The van der Waals surface area contributed by atoms with Crippen LogP contribution in [0.3, 0.4) is 0 Å². The third kappa shape index (κ3) is 3.47. The number of benzene rings is 1. The molecule has 20 heavy (non-hydrogen) atoms. The van der Waals surface area contributed by atoms with Gasteiger partial charge in [0.2, 0.25) is 0 Å². The van der Waals surface area contributed by atoms with Gasteiger partial charge in [0.15, 0.2) is 0 Å². The lowest BCUT2D eigenvalue weighted by Gasteiger charge is -2.35. The molecule has 1 aliphatic rings. The van der Waals surface area contributed by atoms with E-state index in [4.69, 9.17) is 14.7 Å². The molecule has 4 nitrogen and oxygen atoms in total. The summed E-state index contributed by atoms with van der Waals surface area (Å²) in [6, 6.07) is 6.68. The average Bonchev–Trinajstić information content (AvgIpc) is 2.45. The van der Waals surface area contributed by atoms with Crippen LogP contribution in [0.15, 0.2) is 18.2 Å². The summed E-state index contributed by atoms with van der Waals surface area (Å²) in [7, 11) is 0. The Balaban J connectivity index is 1.96. The van der Waals surface area contributed by atoms with Gasteiger partial charge in [0, 0.05) is 19.1 Å². The predicted octanol–water partition coefficient (Wildman–Crippen LogP) is 2.19. The quantitative estimate of drug-likeness (QED) is 0.847. The van der Waals surface area contributed by atoms with E-state index in [1.165, 1.54) is 12.1 Å². The Morgan fingerprint density at radius 2 is 2.35 bits per heavy atom. The number of hydrogen-bond acceptors (Lipinski definition) is 4. The number of hydrogen-bond donors (Lipinski definition) is 0. The molecule has 5 heteroatoms. The van der Waals surface area contributed by atoms with Gasteiger partial charge in [0.05, 0.1) is 6.61 Å². The minimum atomic E-state index is -0.557. The second kappa shape index (κ2) is 6.69. The van der Waals surface area contributed by atoms with Gasteiger partial charge >= 0.3 is 0 Å². The van der Waals surface area contributed by atoms with E-state index in [0.717, 1.165) is 13.1 Å². The third-order valence-corrected chi connectivity index (χ3v) is 3.41. The van der Waals surface area contributed by atoms with Crippen molar-refractivity contribution >= 4 is 0 Å². The van der Waals surface area contributed by atoms with Gasteiger partial charge in [-0.15, -0.1) is 0 Å². The van der Waals surface area contributed by atoms with Crippen LogP contribution in [0.2, 0.25) is 0 Å². The van der Waals surface area contributed by atoms with E-state index in [1.54, 1.807) is 6.07 Å². The van der Waals surface area contributed by atoms with E-state index in [1.807, 2.05) is 6.07 Å². The Bertz CT molecular complexity index is 499. The maximum Gasteiger partial charge on any atom is 0.144 e. The van der Waals surface area contributed by atoms with E-state index in [0.29, 0.717) is 19.3 Å². The molecule has 0 aliphatic carbocycles. The third-order valence-electron chi connectivity index (χ3n) is 3.41. The Hall–Kier alpha value is -1.64. The van der Waals surface area contributed by atoms with Crippen LogP contribution in [0.25, 0.3) is 0 Å². The monoisotopic (exact) mass is 278 g/mol. The normalized spacial score (nSPS) is 19.9. The topological polar surface area (TPSA) is 45.5 Å². The fraction of sp³-hybridized carbons (Fsp3) is 0.533. The molecule has 0 spiro atoms. The van der Waals surface area contributed by atoms with Crippen LogP contribution < -0.4 is 4.74 Å². The zero-order chi connectivity index (χ0) is 14.5. The summed E-state index contributed by atoms with van der Waals surface area (Å²) >= 11 is 0. The summed E-state index contributed by atoms with van der Waals surface area (Å²) in [5, 5.41) is 8.94. The van der Waals surface area contributed by atoms with E-state index in [9.17, 15) is 4.39 Å². The molecule has 1 fully saturated rings. The molecule has 1 atom stereocenters. The molecular formula is C15H19FN2O2. The molecule has 0 amide bonds. The molecule has 0 radical (unpaired) electrons.